The molecule has 90 valence electrons. The van der Waals surface area contributed by atoms with Crippen molar-refractivity contribution >= 4 is 0 Å². The van der Waals surface area contributed by atoms with Crippen LogP contribution in [-0.4, -0.2) is 32.0 Å². The maximum absolute atomic E-state index is 6.17. The van der Waals surface area contributed by atoms with E-state index in [-0.39, 0.29) is 11.6 Å². The van der Waals surface area contributed by atoms with Crippen molar-refractivity contribution in [1.29, 1.82) is 0 Å². The maximum atomic E-state index is 6.17. The fourth-order valence-corrected chi connectivity index (χ4v) is 1.96. The normalized spacial score (nSPS) is 25.2. The Morgan fingerprint density at radius 1 is 1.53 bits per heavy atom. The zero-order chi connectivity index (χ0) is 11.3. The molecule has 2 N–H and O–H groups in total. The van der Waals surface area contributed by atoms with Gasteiger partial charge in [0.05, 0.1) is 12.2 Å². The standard InChI is InChI=1S/C12H25NO2/c1-12(2,14-3)7-6-11(13)10-5-4-8-15-9-10/h10-11H,4-9,13H2,1-3H3. The molecule has 2 unspecified atom stereocenters. The molecule has 15 heavy (non-hydrogen) atoms. The lowest BCUT2D eigenvalue weighted by molar-refractivity contribution is 0.00468. The lowest BCUT2D eigenvalue weighted by Crippen LogP contribution is -2.37. The van der Waals surface area contributed by atoms with Gasteiger partial charge in [0, 0.05) is 19.8 Å². The molecule has 0 aliphatic carbocycles. The summed E-state index contributed by atoms with van der Waals surface area (Å²) in [6.45, 7) is 5.97. The average molecular weight is 215 g/mol. The van der Waals surface area contributed by atoms with E-state index >= 15 is 0 Å². The number of methoxy groups -OCH3 is 1. The van der Waals surface area contributed by atoms with Crippen molar-refractivity contribution in [2.45, 2.75) is 51.2 Å². The van der Waals surface area contributed by atoms with E-state index in [2.05, 4.69) is 13.8 Å². The van der Waals surface area contributed by atoms with E-state index in [0.717, 1.165) is 32.5 Å². The highest BCUT2D eigenvalue weighted by molar-refractivity contribution is 4.78. The highest BCUT2D eigenvalue weighted by Gasteiger charge is 2.24. The van der Waals surface area contributed by atoms with Crippen molar-refractivity contribution in [2.24, 2.45) is 11.7 Å². The van der Waals surface area contributed by atoms with Gasteiger partial charge < -0.3 is 15.2 Å². The third-order valence-electron chi connectivity index (χ3n) is 3.43. The number of nitrogens with two attached hydrogens (primary N) is 1. The highest BCUT2D eigenvalue weighted by Crippen LogP contribution is 2.22. The second-order valence-corrected chi connectivity index (χ2v) is 5.14. The third-order valence-corrected chi connectivity index (χ3v) is 3.43. The Hall–Kier alpha value is -0.120. The van der Waals surface area contributed by atoms with Gasteiger partial charge in [-0.05, 0) is 45.4 Å². The summed E-state index contributed by atoms with van der Waals surface area (Å²) in [6.07, 6.45) is 4.41. The number of ether oxygens (including phenoxy) is 2. The third kappa shape index (κ3) is 4.49. The first-order valence-electron chi connectivity index (χ1n) is 5.93. The highest BCUT2D eigenvalue weighted by atomic mass is 16.5. The van der Waals surface area contributed by atoms with Crippen LogP contribution in [0.4, 0.5) is 0 Å². The summed E-state index contributed by atoms with van der Waals surface area (Å²) < 4.78 is 10.8. The van der Waals surface area contributed by atoms with Crippen LogP contribution < -0.4 is 5.73 Å². The lowest BCUT2D eigenvalue weighted by atomic mass is 9.88. The quantitative estimate of drug-likeness (QED) is 0.762. The Bertz CT molecular complexity index is 176. The first-order chi connectivity index (χ1) is 7.05. The summed E-state index contributed by atoms with van der Waals surface area (Å²) in [6, 6.07) is 0.264. The molecule has 0 spiro atoms. The minimum Gasteiger partial charge on any atom is -0.381 e. The predicted molar refractivity (Wildman–Crippen MR) is 61.8 cm³/mol. The molecule has 0 bridgehead atoms. The number of hydrogen-bond donors (Lipinski definition) is 1. The van der Waals surface area contributed by atoms with Crippen LogP contribution in [-0.2, 0) is 9.47 Å². The summed E-state index contributed by atoms with van der Waals surface area (Å²) in [5.41, 5.74) is 6.13. The van der Waals surface area contributed by atoms with Gasteiger partial charge in [-0.15, -0.1) is 0 Å². The Labute approximate surface area is 93.3 Å². The second kappa shape index (κ2) is 5.83. The van der Waals surface area contributed by atoms with E-state index in [0.29, 0.717) is 5.92 Å². The molecule has 1 aliphatic heterocycles. The van der Waals surface area contributed by atoms with Gasteiger partial charge in [-0.25, -0.2) is 0 Å². The minimum atomic E-state index is -0.0485. The van der Waals surface area contributed by atoms with Crippen molar-refractivity contribution in [3.05, 3.63) is 0 Å². The number of rotatable bonds is 5. The van der Waals surface area contributed by atoms with Gasteiger partial charge in [0.2, 0.25) is 0 Å². The summed E-state index contributed by atoms with van der Waals surface area (Å²) >= 11 is 0. The Morgan fingerprint density at radius 3 is 2.80 bits per heavy atom. The molecule has 0 radical (unpaired) electrons. The van der Waals surface area contributed by atoms with Crippen LogP contribution in [0.5, 0.6) is 0 Å². The van der Waals surface area contributed by atoms with Gasteiger partial charge in [0.1, 0.15) is 0 Å². The van der Waals surface area contributed by atoms with Crippen LogP contribution in [0.3, 0.4) is 0 Å². The van der Waals surface area contributed by atoms with Gasteiger partial charge in [-0.3, -0.25) is 0 Å². The molecule has 1 fully saturated rings. The fourth-order valence-electron chi connectivity index (χ4n) is 1.96. The van der Waals surface area contributed by atoms with Crippen LogP contribution in [0, 0.1) is 5.92 Å². The second-order valence-electron chi connectivity index (χ2n) is 5.14. The van der Waals surface area contributed by atoms with Crippen LogP contribution in [0.15, 0.2) is 0 Å². The summed E-state index contributed by atoms with van der Waals surface area (Å²) in [5, 5.41) is 0. The van der Waals surface area contributed by atoms with E-state index in [1.54, 1.807) is 7.11 Å². The Kier molecular flexibility index (Phi) is 5.03. The fraction of sp³-hybridized carbons (Fsp3) is 1.00. The van der Waals surface area contributed by atoms with Crippen molar-refractivity contribution in [1.82, 2.24) is 0 Å². The molecule has 3 heteroatoms. The van der Waals surface area contributed by atoms with E-state index < -0.39 is 0 Å². The van der Waals surface area contributed by atoms with Crippen molar-refractivity contribution in [2.75, 3.05) is 20.3 Å². The zero-order valence-corrected chi connectivity index (χ0v) is 10.3. The first-order valence-corrected chi connectivity index (χ1v) is 5.93. The molecule has 1 saturated heterocycles. The van der Waals surface area contributed by atoms with Crippen LogP contribution >= 0.6 is 0 Å². The van der Waals surface area contributed by atoms with Crippen molar-refractivity contribution in [3.8, 4) is 0 Å². The first kappa shape index (κ1) is 12.9. The topological polar surface area (TPSA) is 44.5 Å². The SMILES string of the molecule is COC(C)(C)CCC(N)C1CCCOC1. The van der Waals surface area contributed by atoms with Gasteiger partial charge in [-0.1, -0.05) is 0 Å². The molecule has 1 aliphatic rings. The lowest BCUT2D eigenvalue weighted by Gasteiger charge is -2.30. The van der Waals surface area contributed by atoms with E-state index in [1.807, 2.05) is 0 Å². The molecular formula is C12H25NO2. The molecular weight excluding hydrogens is 190 g/mol. The van der Waals surface area contributed by atoms with Crippen LogP contribution in [0.2, 0.25) is 0 Å². The van der Waals surface area contributed by atoms with E-state index in [9.17, 15) is 0 Å². The smallest absolute Gasteiger partial charge is 0.0623 e. The summed E-state index contributed by atoms with van der Waals surface area (Å²) in [5.74, 6) is 0.548. The Balaban J connectivity index is 2.25. The maximum Gasteiger partial charge on any atom is 0.0623 e. The Morgan fingerprint density at radius 2 is 2.27 bits per heavy atom. The molecule has 0 aromatic heterocycles. The number of hydrogen-bond acceptors (Lipinski definition) is 3. The molecule has 3 nitrogen and oxygen atoms in total. The summed E-state index contributed by atoms with van der Waals surface area (Å²) in [4.78, 5) is 0. The average Bonchev–Trinajstić information content (AvgIpc) is 2.27. The van der Waals surface area contributed by atoms with Crippen molar-refractivity contribution < 1.29 is 9.47 Å². The van der Waals surface area contributed by atoms with Gasteiger partial charge in [0.25, 0.3) is 0 Å². The summed E-state index contributed by atoms with van der Waals surface area (Å²) in [7, 11) is 1.76. The molecule has 1 heterocycles. The van der Waals surface area contributed by atoms with Crippen molar-refractivity contribution in [3.63, 3.8) is 0 Å². The van der Waals surface area contributed by atoms with E-state index in [4.69, 9.17) is 15.2 Å². The largest absolute Gasteiger partial charge is 0.381 e. The van der Waals surface area contributed by atoms with Gasteiger partial charge >= 0.3 is 0 Å². The molecule has 0 amide bonds. The minimum absolute atomic E-state index is 0.0485. The molecule has 1 rings (SSSR count). The molecule has 0 saturated carbocycles. The van der Waals surface area contributed by atoms with Gasteiger partial charge in [0.15, 0.2) is 0 Å². The molecule has 2 atom stereocenters. The van der Waals surface area contributed by atoms with Crippen LogP contribution in [0.1, 0.15) is 39.5 Å². The molecule has 0 aromatic carbocycles. The molecule has 0 aromatic rings. The predicted octanol–water partition coefficient (Wildman–Crippen LogP) is 1.95. The van der Waals surface area contributed by atoms with E-state index in [1.165, 1.54) is 6.42 Å². The zero-order valence-electron chi connectivity index (χ0n) is 10.3. The van der Waals surface area contributed by atoms with Crippen LogP contribution in [0.25, 0.3) is 0 Å². The van der Waals surface area contributed by atoms with Gasteiger partial charge in [-0.2, -0.15) is 0 Å². The monoisotopic (exact) mass is 215 g/mol.